The van der Waals surface area contributed by atoms with E-state index < -0.39 is 0 Å². The van der Waals surface area contributed by atoms with Gasteiger partial charge in [0, 0.05) is 33.2 Å². The van der Waals surface area contributed by atoms with Crippen LogP contribution in [0.25, 0.3) is 0 Å². The molecule has 1 heterocycles. The Labute approximate surface area is 137 Å². The summed E-state index contributed by atoms with van der Waals surface area (Å²) in [4.78, 5) is 9.31. The van der Waals surface area contributed by atoms with Crippen LogP contribution in [0.15, 0.2) is 4.99 Å². The van der Waals surface area contributed by atoms with E-state index in [1.165, 1.54) is 58.4 Å². The van der Waals surface area contributed by atoms with E-state index in [2.05, 4.69) is 46.3 Å². The molecule has 130 valence electrons. The fraction of sp³-hybridized carbons (Fsp3) is 0.941. The molecule has 0 bridgehead atoms. The summed E-state index contributed by atoms with van der Waals surface area (Å²) in [6.45, 7) is 12.6. The maximum Gasteiger partial charge on any atom is 0.190 e. The molecule has 1 fully saturated rings. The Balaban J connectivity index is 2.06. The molecule has 1 saturated heterocycles. The van der Waals surface area contributed by atoms with Gasteiger partial charge in [-0.15, -0.1) is 0 Å². The second-order valence-corrected chi connectivity index (χ2v) is 6.81. The summed E-state index contributed by atoms with van der Waals surface area (Å²) in [6, 6.07) is 0. The first-order valence-electron chi connectivity index (χ1n) is 8.97. The molecule has 5 nitrogen and oxygen atoms in total. The molecule has 0 radical (unpaired) electrons. The molecule has 1 aliphatic heterocycles. The number of nitrogens with zero attached hydrogens (tertiary/aromatic N) is 3. The van der Waals surface area contributed by atoms with Gasteiger partial charge in [0.15, 0.2) is 5.96 Å². The fourth-order valence-electron chi connectivity index (χ4n) is 2.77. The first kappa shape index (κ1) is 19.2. The van der Waals surface area contributed by atoms with Gasteiger partial charge in [-0.3, -0.25) is 4.99 Å². The van der Waals surface area contributed by atoms with Crippen molar-refractivity contribution in [3.63, 3.8) is 0 Å². The van der Waals surface area contributed by atoms with Crippen molar-refractivity contribution in [3.05, 3.63) is 0 Å². The lowest BCUT2D eigenvalue weighted by Gasteiger charge is -2.20. The lowest BCUT2D eigenvalue weighted by molar-refractivity contribution is 0.274. The minimum atomic E-state index is 0.782. The topological polar surface area (TPSA) is 42.9 Å². The van der Waals surface area contributed by atoms with Crippen LogP contribution in [-0.4, -0.2) is 75.7 Å². The van der Waals surface area contributed by atoms with Crippen molar-refractivity contribution in [2.45, 2.75) is 39.5 Å². The van der Waals surface area contributed by atoms with Crippen LogP contribution >= 0.6 is 0 Å². The van der Waals surface area contributed by atoms with E-state index >= 15 is 0 Å². The van der Waals surface area contributed by atoms with Crippen LogP contribution < -0.4 is 10.6 Å². The molecule has 0 saturated carbocycles. The Bertz CT molecular complexity index is 303. The molecular weight excluding hydrogens is 274 g/mol. The van der Waals surface area contributed by atoms with E-state index in [0.717, 1.165) is 25.0 Å². The normalized spacial score (nSPS) is 18.5. The van der Waals surface area contributed by atoms with Crippen molar-refractivity contribution >= 4 is 5.96 Å². The first-order chi connectivity index (χ1) is 10.6. The number of likely N-dealkylation sites (N-methyl/N-ethyl adjacent to an activating group) is 1. The first-order valence-corrected chi connectivity index (χ1v) is 8.97. The highest BCUT2D eigenvalue weighted by molar-refractivity contribution is 5.79. The van der Waals surface area contributed by atoms with E-state index in [1.54, 1.807) is 0 Å². The van der Waals surface area contributed by atoms with Gasteiger partial charge >= 0.3 is 0 Å². The van der Waals surface area contributed by atoms with Gasteiger partial charge in [0.1, 0.15) is 0 Å². The van der Waals surface area contributed by atoms with Crippen LogP contribution in [0.5, 0.6) is 0 Å². The zero-order valence-electron chi connectivity index (χ0n) is 15.2. The maximum atomic E-state index is 4.29. The van der Waals surface area contributed by atoms with Crippen molar-refractivity contribution in [2.24, 2.45) is 10.9 Å². The zero-order valence-corrected chi connectivity index (χ0v) is 15.2. The molecule has 0 spiro atoms. The fourth-order valence-corrected chi connectivity index (χ4v) is 2.77. The third-order valence-electron chi connectivity index (χ3n) is 4.23. The molecule has 0 aliphatic carbocycles. The molecule has 0 aromatic carbocycles. The smallest absolute Gasteiger partial charge is 0.190 e. The SMILES string of the molecule is CN=C(NCCCC(C)C)NCCCN1CCCN(C)CC1. The van der Waals surface area contributed by atoms with Gasteiger partial charge in [-0.25, -0.2) is 0 Å². The van der Waals surface area contributed by atoms with Crippen molar-refractivity contribution in [3.8, 4) is 0 Å². The van der Waals surface area contributed by atoms with Gasteiger partial charge in [-0.05, 0) is 58.3 Å². The quantitative estimate of drug-likeness (QED) is 0.406. The molecule has 1 aliphatic rings. The molecule has 0 amide bonds. The summed E-state index contributed by atoms with van der Waals surface area (Å²) in [5.74, 6) is 1.73. The number of hydrogen-bond acceptors (Lipinski definition) is 3. The van der Waals surface area contributed by atoms with Gasteiger partial charge in [-0.1, -0.05) is 13.8 Å². The summed E-state index contributed by atoms with van der Waals surface area (Å²) in [7, 11) is 4.07. The number of hydrogen-bond donors (Lipinski definition) is 2. The van der Waals surface area contributed by atoms with Crippen molar-refractivity contribution in [2.75, 3.05) is 59.9 Å². The predicted molar refractivity (Wildman–Crippen MR) is 96.6 cm³/mol. The lowest BCUT2D eigenvalue weighted by atomic mass is 10.1. The predicted octanol–water partition coefficient (Wildman–Crippen LogP) is 1.62. The Morgan fingerprint density at radius 3 is 2.45 bits per heavy atom. The van der Waals surface area contributed by atoms with Crippen LogP contribution in [0.1, 0.15) is 39.5 Å². The third-order valence-corrected chi connectivity index (χ3v) is 4.23. The minimum absolute atomic E-state index is 0.782. The Morgan fingerprint density at radius 2 is 1.77 bits per heavy atom. The van der Waals surface area contributed by atoms with E-state index in [4.69, 9.17) is 0 Å². The molecular formula is C17H37N5. The summed E-state index contributed by atoms with van der Waals surface area (Å²) < 4.78 is 0. The molecule has 0 unspecified atom stereocenters. The maximum absolute atomic E-state index is 4.29. The minimum Gasteiger partial charge on any atom is -0.356 e. The average molecular weight is 312 g/mol. The highest BCUT2D eigenvalue weighted by Crippen LogP contribution is 2.02. The lowest BCUT2D eigenvalue weighted by Crippen LogP contribution is -2.39. The van der Waals surface area contributed by atoms with Crippen LogP contribution in [0, 0.1) is 5.92 Å². The van der Waals surface area contributed by atoms with E-state index in [0.29, 0.717) is 0 Å². The molecule has 0 aromatic heterocycles. The van der Waals surface area contributed by atoms with E-state index in [9.17, 15) is 0 Å². The summed E-state index contributed by atoms with van der Waals surface area (Å²) in [5, 5.41) is 6.82. The zero-order chi connectivity index (χ0) is 16.2. The summed E-state index contributed by atoms with van der Waals surface area (Å²) >= 11 is 0. The number of aliphatic imine (C=N–C) groups is 1. The summed E-state index contributed by atoms with van der Waals surface area (Å²) in [5.41, 5.74) is 0. The Morgan fingerprint density at radius 1 is 1.05 bits per heavy atom. The largest absolute Gasteiger partial charge is 0.356 e. The van der Waals surface area contributed by atoms with Crippen LogP contribution in [-0.2, 0) is 0 Å². The van der Waals surface area contributed by atoms with Gasteiger partial charge < -0.3 is 20.4 Å². The average Bonchev–Trinajstić information content (AvgIpc) is 2.70. The molecule has 22 heavy (non-hydrogen) atoms. The highest BCUT2D eigenvalue weighted by atomic mass is 15.2. The molecule has 0 atom stereocenters. The van der Waals surface area contributed by atoms with Crippen LogP contribution in [0.3, 0.4) is 0 Å². The molecule has 0 aromatic rings. The van der Waals surface area contributed by atoms with Crippen molar-refractivity contribution in [1.29, 1.82) is 0 Å². The van der Waals surface area contributed by atoms with Crippen molar-refractivity contribution < 1.29 is 0 Å². The van der Waals surface area contributed by atoms with Crippen molar-refractivity contribution in [1.82, 2.24) is 20.4 Å². The molecule has 2 N–H and O–H groups in total. The second kappa shape index (κ2) is 11.7. The number of nitrogens with one attached hydrogen (secondary N) is 2. The second-order valence-electron chi connectivity index (χ2n) is 6.81. The molecule has 5 heteroatoms. The van der Waals surface area contributed by atoms with Crippen LogP contribution in [0.2, 0.25) is 0 Å². The highest BCUT2D eigenvalue weighted by Gasteiger charge is 2.11. The molecule has 1 rings (SSSR count). The Kier molecular flexibility index (Phi) is 10.2. The third kappa shape index (κ3) is 9.26. The summed E-state index contributed by atoms with van der Waals surface area (Å²) in [6.07, 6.45) is 4.95. The Hall–Kier alpha value is -0.810. The van der Waals surface area contributed by atoms with Gasteiger partial charge in [-0.2, -0.15) is 0 Å². The van der Waals surface area contributed by atoms with E-state index in [1.807, 2.05) is 7.05 Å². The van der Waals surface area contributed by atoms with Gasteiger partial charge in [0.05, 0.1) is 0 Å². The standard InChI is InChI=1S/C17H37N5/c1-16(2)8-5-9-19-17(18-3)20-10-6-12-22-13-7-11-21(4)14-15-22/h16H,5-15H2,1-4H3,(H2,18,19,20). The number of rotatable bonds is 8. The van der Waals surface area contributed by atoms with Gasteiger partial charge in [0.2, 0.25) is 0 Å². The number of guanidine groups is 1. The monoisotopic (exact) mass is 311 g/mol. The van der Waals surface area contributed by atoms with E-state index in [-0.39, 0.29) is 0 Å². The van der Waals surface area contributed by atoms with Gasteiger partial charge in [0.25, 0.3) is 0 Å². The van der Waals surface area contributed by atoms with Crippen LogP contribution in [0.4, 0.5) is 0 Å².